The lowest BCUT2D eigenvalue weighted by Gasteiger charge is -2.11. The third kappa shape index (κ3) is 12.5. The number of para-hydroxylation sites is 5. The first kappa shape index (κ1) is 72.5. The van der Waals surface area contributed by atoms with Gasteiger partial charge in [-0.05, 0) is 131 Å². The first-order chi connectivity index (χ1) is 62.4. The molecule has 0 spiro atoms. The van der Waals surface area contributed by atoms with E-state index in [2.05, 4.69) is 180 Å². The van der Waals surface area contributed by atoms with Crippen molar-refractivity contribution < 1.29 is 17.7 Å². The van der Waals surface area contributed by atoms with E-state index in [1.54, 1.807) is 6.08 Å². The number of nitrogens with zero attached hydrogens (tertiary/aromatic N) is 12. The molecule has 16 nitrogen and oxygen atoms in total. The number of hydrogen-bond acceptors (Lipinski definition) is 14. The zero-order valence-electron chi connectivity index (χ0n) is 67.2. The molecule has 0 amide bonds. The predicted molar refractivity (Wildman–Crippen MR) is 506 cm³/mol. The molecule has 0 saturated carbocycles. The summed E-state index contributed by atoms with van der Waals surface area (Å²) in [6.07, 6.45) is 9.35. The van der Waals surface area contributed by atoms with Crippen LogP contribution in [0.15, 0.2) is 406 Å². The number of fused-ring (bicyclic) bond motifs is 18. The number of aromatic nitrogens is 12. The van der Waals surface area contributed by atoms with Crippen molar-refractivity contribution in [2.24, 2.45) is 0 Å². The summed E-state index contributed by atoms with van der Waals surface area (Å²) in [5.74, 6) is 4.43. The number of allylic oxidation sites excluding steroid dienone is 4. The Bertz CT molecular complexity index is 8750. The maximum absolute atomic E-state index is 6.68. The van der Waals surface area contributed by atoms with Gasteiger partial charge in [0.05, 0.1) is 27.6 Å². The van der Waals surface area contributed by atoms with Gasteiger partial charge >= 0.3 is 0 Å². The van der Waals surface area contributed by atoms with Gasteiger partial charge in [0.15, 0.2) is 46.1 Å². The smallest absolute Gasteiger partial charge is 0.238 e. The topological polar surface area (TPSA) is 191 Å². The minimum atomic E-state index is 0.527. The van der Waals surface area contributed by atoms with Crippen LogP contribution in [0, 0.1) is 0 Å². The van der Waals surface area contributed by atoms with Gasteiger partial charge in [0.25, 0.3) is 0 Å². The lowest BCUT2D eigenvalue weighted by Crippen LogP contribution is -2.06. The van der Waals surface area contributed by atoms with Crippen molar-refractivity contribution in [3.8, 4) is 114 Å². The summed E-state index contributed by atoms with van der Waals surface area (Å²) >= 11 is 0. The molecule has 10 heterocycles. The largest absolute Gasteiger partial charge is 0.456 e. The van der Waals surface area contributed by atoms with Gasteiger partial charge in [0, 0.05) is 87.2 Å². The first-order valence-electron chi connectivity index (χ1n) is 41.5. The van der Waals surface area contributed by atoms with Crippen LogP contribution in [0.5, 0.6) is 0 Å². The van der Waals surface area contributed by atoms with E-state index in [9.17, 15) is 0 Å². The highest BCUT2D eigenvalue weighted by molar-refractivity contribution is 6.15. The van der Waals surface area contributed by atoms with Gasteiger partial charge in [-0.3, -0.25) is 9.13 Å². The van der Waals surface area contributed by atoms with E-state index in [1.165, 1.54) is 0 Å². The molecule has 0 aliphatic heterocycles. The summed E-state index contributed by atoms with van der Waals surface area (Å²) in [6.45, 7) is 3.78. The molecule has 126 heavy (non-hydrogen) atoms. The molecular formula is C110H66N12O4. The standard InChI is InChI=1S/C55H32N6O2.C55H34N6O2/c1-4-14-33(15-5-1)36-24-27-40-39-20-10-12-22-44(39)61(45(40)31-36)55-59-52(35-18-8-3-9-19-35)58-54(60-55)37-26-29-47-43(30-37)41-28-25-38(32-48(41)62-47)53-56-49(34-16-6-2-7-17-34)51-50(57-53)42-21-11-13-23-46(42)63-51;1-2-3-4-11-25-44-51-49(41-22-13-15-27-47(41)63-51)57-54(56-44)42-24-16-23-40-43-32-37(29-31-48(43)62-50(40)42)53-58-52(35-19-9-6-10-20-35)59-55(60-53)61-45-26-14-12-21-38(45)39-30-28-36(33-46(39)61)34-17-7-5-8-18-34/h1-32H;2-33H,1H2/b;4-3-,25-11+. The van der Waals surface area contributed by atoms with Gasteiger partial charge in [0.2, 0.25) is 11.9 Å². The molecule has 16 heteroatoms. The van der Waals surface area contributed by atoms with Crippen LogP contribution in [0.3, 0.4) is 0 Å². The SMILES string of the molecule is C=C/C=C\C=C\c1nc(-c2cccc3c2oc2ccc(-c4nc(-c5ccccc5)nc(-n5c6ccccc6c6ccc(-c7ccccc7)cc65)n4)cc23)nc2c1oc1ccccc12.c1ccc(-c2ccc3c4ccccc4n(-c4nc(-c5ccccc5)nc(-c5ccc6oc7cc(-c8nc(-c9ccccc9)c9oc%10ccccc%10c9n8)ccc7c6c5)n4)c3c2)cc1. The molecule has 0 fully saturated rings. The Labute approximate surface area is 718 Å². The van der Waals surface area contributed by atoms with Crippen molar-refractivity contribution >= 4 is 138 Å². The molecule has 25 aromatic rings. The zero-order valence-corrected chi connectivity index (χ0v) is 67.2. The fourth-order valence-electron chi connectivity index (χ4n) is 17.4. The summed E-state index contributed by atoms with van der Waals surface area (Å²) in [6, 6.07) is 122. The number of hydrogen-bond donors (Lipinski definition) is 0. The first-order valence-corrected chi connectivity index (χ1v) is 41.5. The summed E-state index contributed by atoms with van der Waals surface area (Å²) in [5.41, 5.74) is 23.1. The fourth-order valence-corrected chi connectivity index (χ4v) is 17.4. The van der Waals surface area contributed by atoms with Crippen LogP contribution in [0.2, 0.25) is 0 Å². The van der Waals surface area contributed by atoms with Crippen molar-refractivity contribution in [2.75, 3.05) is 0 Å². The van der Waals surface area contributed by atoms with Crippen LogP contribution in [0.4, 0.5) is 0 Å². The van der Waals surface area contributed by atoms with Crippen LogP contribution < -0.4 is 0 Å². The van der Waals surface area contributed by atoms with Crippen molar-refractivity contribution in [2.45, 2.75) is 0 Å². The Hall–Kier alpha value is -17.5. The molecule has 0 unspecified atom stereocenters. The Morgan fingerprint density at radius 2 is 0.627 bits per heavy atom. The molecule has 25 rings (SSSR count). The average molecular weight is 1620 g/mol. The summed E-state index contributed by atoms with van der Waals surface area (Å²) < 4.78 is 30.2. The van der Waals surface area contributed by atoms with E-state index in [1.807, 2.05) is 218 Å². The summed E-state index contributed by atoms with van der Waals surface area (Å²) in [4.78, 5) is 51.5. The molecular weight excluding hydrogens is 1550 g/mol. The second kappa shape index (κ2) is 30.0. The van der Waals surface area contributed by atoms with E-state index < -0.39 is 0 Å². The van der Waals surface area contributed by atoms with Gasteiger partial charge in [-0.1, -0.05) is 286 Å². The minimum absolute atomic E-state index is 0.527. The predicted octanol–water partition coefficient (Wildman–Crippen LogP) is 27.9. The monoisotopic (exact) mass is 1620 g/mol. The maximum atomic E-state index is 6.68. The molecule has 0 bridgehead atoms. The Morgan fingerprint density at radius 3 is 1.19 bits per heavy atom. The van der Waals surface area contributed by atoms with Crippen LogP contribution in [-0.4, -0.2) is 59.0 Å². The van der Waals surface area contributed by atoms with E-state index in [0.29, 0.717) is 69.3 Å². The minimum Gasteiger partial charge on any atom is -0.456 e. The Balaban J connectivity index is 0.000000141. The zero-order chi connectivity index (χ0) is 83.3. The molecule has 10 aromatic heterocycles. The van der Waals surface area contributed by atoms with Crippen molar-refractivity contribution in [1.82, 2.24) is 59.0 Å². The van der Waals surface area contributed by atoms with Crippen LogP contribution in [0.25, 0.3) is 251 Å². The second-order valence-corrected chi connectivity index (χ2v) is 30.9. The molecule has 0 atom stereocenters. The quantitative estimate of drug-likeness (QED) is 0.0934. The molecule has 0 aliphatic rings. The highest BCUT2D eigenvalue weighted by atomic mass is 16.3. The van der Waals surface area contributed by atoms with Crippen LogP contribution >= 0.6 is 0 Å². The molecule has 0 N–H and O–H groups in total. The number of furan rings is 4. The fraction of sp³-hybridized carbons (Fsp3) is 0. The van der Waals surface area contributed by atoms with Gasteiger partial charge < -0.3 is 17.7 Å². The molecule has 590 valence electrons. The third-order valence-electron chi connectivity index (χ3n) is 23.4. The molecule has 0 aliphatic carbocycles. The van der Waals surface area contributed by atoms with E-state index >= 15 is 0 Å². The lowest BCUT2D eigenvalue weighted by atomic mass is 10.0. The van der Waals surface area contributed by atoms with Gasteiger partial charge in [0.1, 0.15) is 55.9 Å². The maximum Gasteiger partial charge on any atom is 0.238 e. The third-order valence-corrected chi connectivity index (χ3v) is 23.4. The van der Waals surface area contributed by atoms with Crippen molar-refractivity contribution in [1.29, 1.82) is 0 Å². The summed E-state index contributed by atoms with van der Waals surface area (Å²) in [5, 5.41) is 10.1. The highest BCUT2D eigenvalue weighted by Crippen LogP contribution is 2.44. The van der Waals surface area contributed by atoms with E-state index in [4.69, 9.17) is 67.5 Å². The molecule has 15 aromatic carbocycles. The highest BCUT2D eigenvalue weighted by Gasteiger charge is 2.26. The van der Waals surface area contributed by atoms with Crippen molar-refractivity contribution in [3.63, 3.8) is 0 Å². The van der Waals surface area contributed by atoms with Crippen LogP contribution in [0.1, 0.15) is 5.69 Å². The Kier molecular flexibility index (Phi) is 17.3. The Morgan fingerprint density at radius 1 is 0.222 bits per heavy atom. The lowest BCUT2D eigenvalue weighted by molar-refractivity contribution is 0.663. The normalized spacial score (nSPS) is 11.9. The molecule has 0 radical (unpaired) electrons. The van der Waals surface area contributed by atoms with Crippen LogP contribution in [-0.2, 0) is 0 Å². The van der Waals surface area contributed by atoms with Crippen molar-refractivity contribution in [3.05, 3.63) is 394 Å². The second-order valence-electron chi connectivity index (χ2n) is 30.9. The van der Waals surface area contributed by atoms with Gasteiger partial charge in [-0.25, -0.2) is 29.9 Å². The number of benzene rings is 15. The summed E-state index contributed by atoms with van der Waals surface area (Å²) in [7, 11) is 0. The average Bonchev–Trinajstić information content (AvgIpc) is 1.59. The van der Waals surface area contributed by atoms with Gasteiger partial charge in [-0.15, -0.1) is 0 Å². The van der Waals surface area contributed by atoms with Gasteiger partial charge in [-0.2, -0.15) is 19.9 Å². The van der Waals surface area contributed by atoms with E-state index in [-0.39, 0.29) is 0 Å². The van der Waals surface area contributed by atoms with E-state index in [0.717, 1.165) is 182 Å². The molecule has 0 saturated heterocycles. The number of rotatable bonds is 14.